The lowest BCUT2D eigenvalue weighted by molar-refractivity contribution is -0.137. The normalized spacial score (nSPS) is 12.4. The molecule has 0 bridgehead atoms. The zero-order valence-electron chi connectivity index (χ0n) is 18.5. The van der Waals surface area contributed by atoms with Gasteiger partial charge in [0.2, 0.25) is 11.8 Å². The summed E-state index contributed by atoms with van der Waals surface area (Å²) in [6.07, 6.45) is -4.75. The van der Waals surface area contributed by atoms with Crippen molar-refractivity contribution in [1.29, 1.82) is 0 Å². The minimum Gasteiger partial charge on any atom is -0.324 e. The van der Waals surface area contributed by atoms with E-state index in [-0.39, 0.29) is 5.69 Å². The molecule has 0 fully saturated rings. The molecule has 0 aliphatic heterocycles. The van der Waals surface area contributed by atoms with Gasteiger partial charge < -0.3 is 10.6 Å². The van der Waals surface area contributed by atoms with Crippen LogP contribution in [0.1, 0.15) is 17.2 Å². The number of carbonyl (C=O) groups excluding carboxylic acids is 2. The molecule has 3 aromatic rings. The molecule has 0 unspecified atom stereocenters. The molecule has 3 rings (SSSR count). The smallest absolute Gasteiger partial charge is 0.324 e. The van der Waals surface area contributed by atoms with Gasteiger partial charge in [0, 0.05) is 5.69 Å². The Bertz CT molecular complexity index is 1270. The van der Waals surface area contributed by atoms with Crippen LogP contribution in [0.25, 0.3) is 0 Å². The van der Waals surface area contributed by atoms with Gasteiger partial charge in [0.1, 0.15) is 6.04 Å². The second kappa shape index (κ2) is 11.0. The molecule has 12 heteroatoms. The number of nitrogens with zero attached hydrogens (tertiary/aromatic N) is 1. The van der Waals surface area contributed by atoms with E-state index < -0.39 is 64.3 Å². The van der Waals surface area contributed by atoms with Crippen LogP contribution in [0.2, 0.25) is 5.02 Å². The summed E-state index contributed by atoms with van der Waals surface area (Å²) in [5.74, 6) is -6.41. The number of rotatable bonds is 7. The third-order valence-corrected chi connectivity index (χ3v) is 5.38. The Morgan fingerprint density at radius 3 is 2.25 bits per heavy atom. The van der Waals surface area contributed by atoms with Gasteiger partial charge in [0.25, 0.3) is 0 Å². The van der Waals surface area contributed by atoms with Crippen molar-refractivity contribution < 1.29 is 35.9 Å². The Kier molecular flexibility index (Phi) is 8.26. The molecular formula is C24H18ClF6N3O2. The maximum absolute atomic E-state index is 13.9. The minimum atomic E-state index is -4.75. The molecule has 0 aliphatic carbocycles. The van der Waals surface area contributed by atoms with Gasteiger partial charge in [-0.2, -0.15) is 13.2 Å². The van der Waals surface area contributed by atoms with Crippen LogP contribution >= 0.6 is 11.6 Å². The Balaban J connectivity index is 1.82. The molecule has 0 heterocycles. The van der Waals surface area contributed by atoms with Gasteiger partial charge in [-0.3, -0.25) is 14.5 Å². The number of hydrogen-bond acceptors (Lipinski definition) is 3. The first-order valence-electron chi connectivity index (χ1n) is 10.2. The van der Waals surface area contributed by atoms with Crippen molar-refractivity contribution in [2.24, 2.45) is 0 Å². The lowest BCUT2D eigenvalue weighted by Crippen LogP contribution is -2.39. The Labute approximate surface area is 206 Å². The third-order valence-electron chi connectivity index (χ3n) is 5.05. The number of halogens is 7. The van der Waals surface area contributed by atoms with Crippen LogP contribution in [-0.2, 0) is 15.8 Å². The number of benzene rings is 3. The predicted octanol–water partition coefficient (Wildman–Crippen LogP) is 6.03. The van der Waals surface area contributed by atoms with Crippen molar-refractivity contribution in [3.8, 4) is 0 Å². The van der Waals surface area contributed by atoms with Gasteiger partial charge in [0.05, 0.1) is 22.8 Å². The SMILES string of the molecule is CN(CC(=O)Nc1ccc(F)c(F)c1F)[C@H](C(=O)Nc1ccc(Cl)c(C(F)(F)F)c1)c1ccccc1. The number of likely N-dealkylation sites (N-methyl/N-ethyl adjacent to an activating group) is 1. The summed E-state index contributed by atoms with van der Waals surface area (Å²) in [7, 11) is 1.38. The summed E-state index contributed by atoms with van der Waals surface area (Å²) in [6.45, 7) is -0.514. The Hall–Kier alpha value is -3.57. The summed E-state index contributed by atoms with van der Waals surface area (Å²) in [6, 6.07) is 11.2. The van der Waals surface area contributed by atoms with E-state index >= 15 is 0 Å². The number of amides is 2. The first kappa shape index (κ1) is 27.0. The zero-order chi connectivity index (χ0) is 26.6. The molecule has 5 nitrogen and oxygen atoms in total. The second-order valence-electron chi connectivity index (χ2n) is 7.68. The summed E-state index contributed by atoms with van der Waals surface area (Å²) in [5.41, 5.74) is -1.53. The number of nitrogens with one attached hydrogen (secondary N) is 2. The first-order chi connectivity index (χ1) is 16.9. The van der Waals surface area contributed by atoms with Crippen LogP contribution < -0.4 is 10.6 Å². The molecule has 0 radical (unpaired) electrons. The largest absolute Gasteiger partial charge is 0.417 e. The lowest BCUT2D eigenvalue weighted by Gasteiger charge is -2.27. The van der Waals surface area contributed by atoms with E-state index in [0.717, 1.165) is 12.1 Å². The molecule has 190 valence electrons. The number of hydrogen-bond donors (Lipinski definition) is 2. The fourth-order valence-corrected chi connectivity index (χ4v) is 3.63. The quantitative estimate of drug-likeness (QED) is 0.290. The molecule has 0 spiro atoms. The van der Waals surface area contributed by atoms with Crippen LogP contribution in [0.4, 0.5) is 37.7 Å². The average Bonchev–Trinajstić information content (AvgIpc) is 2.81. The van der Waals surface area contributed by atoms with E-state index in [9.17, 15) is 35.9 Å². The number of carbonyl (C=O) groups is 2. The highest BCUT2D eigenvalue weighted by Gasteiger charge is 2.34. The first-order valence-corrected chi connectivity index (χ1v) is 10.6. The zero-order valence-corrected chi connectivity index (χ0v) is 19.2. The minimum absolute atomic E-state index is 0.181. The summed E-state index contributed by atoms with van der Waals surface area (Å²) in [4.78, 5) is 26.8. The Morgan fingerprint density at radius 2 is 1.61 bits per heavy atom. The van der Waals surface area contributed by atoms with Crippen LogP contribution in [0.3, 0.4) is 0 Å². The molecule has 0 aromatic heterocycles. The van der Waals surface area contributed by atoms with Crippen LogP contribution in [0, 0.1) is 17.5 Å². The second-order valence-corrected chi connectivity index (χ2v) is 8.09. The van der Waals surface area contributed by atoms with Crippen molar-refractivity contribution in [2.75, 3.05) is 24.2 Å². The van der Waals surface area contributed by atoms with Gasteiger partial charge in [0.15, 0.2) is 17.5 Å². The lowest BCUT2D eigenvalue weighted by atomic mass is 10.0. The fraction of sp³-hybridized carbons (Fsp3) is 0.167. The van der Waals surface area contributed by atoms with Gasteiger partial charge in [-0.25, -0.2) is 13.2 Å². The fourth-order valence-electron chi connectivity index (χ4n) is 3.40. The molecule has 0 aliphatic rings. The molecule has 3 aromatic carbocycles. The standard InChI is InChI=1S/C24H18ClF6N3O2/c1-34(12-19(35)33-18-10-9-17(26)20(27)21(18)28)22(13-5-3-2-4-6-13)23(36)32-14-7-8-16(25)15(11-14)24(29,30)31/h2-11,22H,12H2,1H3,(H,32,36)(H,33,35)/t22-/m0/s1. The molecule has 2 N–H and O–H groups in total. The highest BCUT2D eigenvalue weighted by molar-refractivity contribution is 6.31. The van der Waals surface area contributed by atoms with Crippen molar-refractivity contribution in [3.05, 3.63) is 94.3 Å². The maximum Gasteiger partial charge on any atom is 0.417 e. The maximum atomic E-state index is 13.9. The van der Waals surface area contributed by atoms with Crippen molar-refractivity contribution >= 4 is 34.8 Å². The summed E-state index contributed by atoms with van der Waals surface area (Å²) in [5, 5.41) is 3.94. The average molecular weight is 530 g/mol. The van der Waals surface area contributed by atoms with Gasteiger partial charge >= 0.3 is 6.18 Å². The van der Waals surface area contributed by atoms with Gasteiger partial charge in [-0.1, -0.05) is 41.9 Å². The molecule has 2 amide bonds. The van der Waals surface area contributed by atoms with E-state index in [1.807, 2.05) is 0 Å². The third kappa shape index (κ3) is 6.35. The highest BCUT2D eigenvalue weighted by atomic mass is 35.5. The highest BCUT2D eigenvalue weighted by Crippen LogP contribution is 2.36. The number of anilines is 2. The van der Waals surface area contributed by atoms with E-state index in [4.69, 9.17) is 11.6 Å². The topological polar surface area (TPSA) is 61.4 Å². The Morgan fingerprint density at radius 1 is 0.944 bits per heavy atom. The van der Waals surface area contributed by atoms with Crippen LogP contribution in [0.5, 0.6) is 0 Å². The van der Waals surface area contributed by atoms with Crippen LogP contribution in [0.15, 0.2) is 60.7 Å². The molecule has 1 atom stereocenters. The van der Waals surface area contributed by atoms with Crippen molar-refractivity contribution in [1.82, 2.24) is 4.90 Å². The number of alkyl halides is 3. The summed E-state index contributed by atoms with van der Waals surface area (Å²) >= 11 is 5.62. The molecule has 36 heavy (non-hydrogen) atoms. The van der Waals surface area contributed by atoms with Gasteiger partial charge in [-0.05, 0) is 42.9 Å². The predicted molar refractivity (Wildman–Crippen MR) is 122 cm³/mol. The summed E-state index contributed by atoms with van der Waals surface area (Å²) < 4.78 is 80.1. The van der Waals surface area contributed by atoms with Gasteiger partial charge in [-0.15, -0.1) is 0 Å². The molecular weight excluding hydrogens is 512 g/mol. The van der Waals surface area contributed by atoms with Crippen LogP contribution in [-0.4, -0.2) is 30.3 Å². The molecule has 0 saturated carbocycles. The van der Waals surface area contributed by atoms with Crippen molar-refractivity contribution in [2.45, 2.75) is 12.2 Å². The van der Waals surface area contributed by atoms with E-state index in [1.165, 1.54) is 18.0 Å². The monoisotopic (exact) mass is 529 g/mol. The van der Waals surface area contributed by atoms with E-state index in [0.29, 0.717) is 17.7 Å². The van der Waals surface area contributed by atoms with E-state index in [1.54, 1.807) is 30.3 Å². The van der Waals surface area contributed by atoms with E-state index in [2.05, 4.69) is 10.6 Å². The molecule has 0 saturated heterocycles. The van der Waals surface area contributed by atoms with Crippen molar-refractivity contribution in [3.63, 3.8) is 0 Å².